The summed E-state index contributed by atoms with van der Waals surface area (Å²) in [4.78, 5) is 21.3. The van der Waals surface area contributed by atoms with Gasteiger partial charge in [-0.25, -0.2) is 18.3 Å². The van der Waals surface area contributed by atoms with Crippen molar-refractivity contribution < 1.29 is 23.4 Å². The molecule has 9 nitrogen and oxygen atoms in total. The summed E-state index contributed by atoms with van der Waals surface area (Å²) in [6.45, 7) is 1.85. The molecule has 0 aromatic carbocycles. The Morgan fingerprint density at radius 3 is 2.65 bits per heavy atom. The van der Waals surface area contributed by atoms with Crippen LogP contribution >= 0.6 is 0 Å². The maximum absolute atomic E-state index is 13.5. The minimum atomic E-state index is -2.60. The number of anilines is 1. The van der Waals surface area contributed by atoms with Gasteiger partial charge in [-0.1, -0.05) is 0 Å². The molecular formula is C20H26F2N6O3. The van der Waals surface area contributed by atoms with Crippen LogP contribution in [-0.2, 0) is 0 Å². The quantitative estimate of drug-likeness (QED) is 0.714. The highest BCUT2D eigenvalue weighted by molar-refractivity contribution is 5.65. The summed E-state index contributed by atoms with van der Waals surface area (Å²) in [7, 11) is 1.54. The average Bonchev–Trinajstić information content (AvgIpc) is 3.12. The summed E-state index contributed by atoms with van der Waals surface area (Å²) in [6, 6.07) is 3.29. The van der Waals surface area contributed by atoms with Gasteiger partial charge in [0.15, 0.2) is 0 Å². The molecule has 1 amide bonds. The molecule has 2 aliphatic carbocycles. The number of rotatable bonds is 6. The molecule has 0 radical (unpaired) electrons. The summed E-state index contributed by atoms with van der Waals surface area (Å²) in [5, 5.41) is 16.7. The van der Waals surface area contributed by atoms with Gasteiger partial charge in [-0.2, -0.15) is 15.1 Å². The summed E-state index contributed by atoms with van der Waals surface area (Å²) < 4.78 is 34.4. The molecule has 0 atom stereocenters. The van der Waals surface area contributed by atoms with Crippen LogP contribution in [0.1, 0.15) is 44.2 Å². The number of nitrogens with zero attached hydrogens (tertiary/aromatic N) is 5. The lowest BCUT2D eigenvalue weighted by Gasteiger charge is -2.39. The third-order valence-corrected chi connectivity index (χ3v) is 5.89. The standard InChI is InChI=1S/C20H26F2N6O3/c1-12-5-8-28(26-12)18-24-16(23-13-3-6-20(21,22)7-4-13)11-17(25-18)31-15-9-14(10-15)27(2)19(29)30/h5,8,11,13-15H,3-4,6-7,9-10H2,1-2H3,(H,29,30)(H,23,24,25). The zero-order valence-corrected chi connectivity index (χ0v) is 17.5. The van der Waals surface area contributed by atoms with Gasteiger partial charge in [0.25, 0.3) is 5.95 Å². The van der Waals surface area contributed by atoms with Crippen LogP contribution in [0.25, 0.3) is 5.95 Å². The zero-order chi connectivity index (χ0) is 22.2. The van der Waals surface area contributed by atoms with Crippen LogP contribution in [0.5, 0.6) is 5.88 Å². The number of nitrogens with one attached hydrogen (secondary N) is 1. The van der Waals surface area contributed by atoms with Gasteiger partial charge in [0.05, 0.1) is 5.69 Å². The van der Waals surface area contributed by atoms with E-state index in [4.69, 9.17) is 9.84 Å². The fourth-order valence-electron chi connectivity index (χ4n) is 3.85. The number of aromatic nitrogens is 4. The van der Waals surface area contributed by atoms with Gasteiger partial charge in [-0.3, -0.25) is 0 Å². The van der Waals surface area contributed by atoms with Crippen molar-refractivity contribution >= 4 is 11.9 Å². The van der Waals surface area contributed by atoms with Crippen molar-refractivity contribution in [2.75, 3.05) is 12.4 Å². The molecule has 2 N–H and O–H groups in total. The van der Waals surface area contributed by atoms with E-state index in [-0.39, 0.29) is 31.0 Å². The summed E-state index contributed by atoms with van der Waals surface area (Å²) >= 11 is 0. The number of hydrogen-bond acceptors (Lipinski definition) is 6. The van der Waals surface area contributed by atoms with E-state index in [1.54, 1.807) is 19.3 Å². The highest BCUT2D eigenvalue weighted by Gasteiger charge is 2.37. The van der Waals surface area contributed by atoms with Crippen LogP contribution < -0.4 is 10.1 Å². The van der Waals surface area contributed by atoms with E-state index in [1.807, 2.05) is 13.0 Å². The number of carbonyl (C=O) groups is 1. The second-order valence-corrected chi connectivity index (χ2v) is 8.33. The Kier molecular flexibility index (Phi) is 5.67. The number of aryl methyl sites for hydroxylation is 1. The van der Waals surface area contributed by atoms with Crippen LogP contribution in [0.15, 0.2) is 18.3 Å². The molecule has 0 bridgehead atoms. The number of halogens is 2. The van der Waals surface area contributed by atoms with Gasteiger partial charge < -0.3 is 20.1 Å². The maximum Gasteiger partial charge on any atom is 0.407 e. The van der Waals surface area contributed by atoms with Crippen LogP contribution in [0.2, 0.25) is 0 Å². The molecule has 4 rings (SSSR count). The molecule has 0 spiro atoms. The second kappa shape index (κ2) is 8.27. The number of carboxylic acid groups (broad SMARTS) is 1. The van der Waals surface area contributed by atoms with Gasteiger partial charge in [0.1, 0.15) is 11.9 Å². The van der Waals surface area contributed by atoms with Crippen LogP contribution in [-0.4, -0.2) is 67.0 Å². The van der Waals surface area contributed by atoms with Gasteiger partial charge >= 0.3 is 6.09 Å². The highest BCUT2D eigenvalue weighted by atomic mass is 19.3. The summed E-state index contributed by atoms with van der Waals surface area (Å²) in [6.07, 6.45) is 2.18. The molecule has 0 aliphatic heterocycles. The number of hydrogen-bond donors (Lipinski definition) is 2. The first kappa shape index (κ1) is 21.3. The smallest absolute Gasteiger partial charge is 0.407 e. The van der Waals surface area contributed by atoms with E-state index in [0.29, 0.717) is 43.3 Å². The Labute approximate surface area is 178 Å². The first-order valence-corrected chi connectivity index (χ1v) is 10.4. The van der Waals surface area contributed by atoms with E-state index in [2.05, 4.69) is 20.4 Å². The Morgan fingerprint density at radius 1 is 1.32 bits per heavy atom. The highest BCUT2D eigenvalue weighted by Crippen LogP contribution is 2.35. The third kappa shape index (κ3) is 5.02. The first-order valence-electron chi connectivity index (χ1n) is 10.4. The average molecular weight is 436 g/mol. The van der Waals surface area contributed by atoms with Gasteiger partial charge in [-0.15, -0.1) is 0 Å². The van der Waals surface area contributed by atoms with Gasteiger partial charge in [0, 0.05) is 57.1 Å². The molecule has 0 saturated heterocycles. The number of amides is 1. The molecule has 2 fully saturated rings. The topological polar surface area (TPSA) is 105 Å². The van der Waals surface area contributed by atoms with Crippen molar-refractivity contribution in [2.45, 2.75) is 69.6 Å². The van der Waals surface area contributed by atoms with Crippen LogP contribution in [0, 0.1) is 6.92 Å². The lowest BCUT2D eigenvalue weighted by atomic mass is 9.88. The Balaban J connectivity index is 1.48. The Bertz CT molecular complexity index is 937. The van der Waals surface area contributed by atoms with Crippen molar-refractivity contribution in [2.24, 2.45) is 0 Å². The first-order chi connectivity index (χ1) is 14.7. The third-order valence-electron chi connectivity index (χ3n) is 5.89. The molecule has 0 unspecified atom stereocenters. The lowest BCUT2D eigenvalue weighted by molar-refractivity contribution is -0.0361. The van der Waals surface area contributed by atoms with Gasteiger partial charge in [-0.05, 0) is 25.8 Å². The number of ether oxygens (including phenoxy) is 1. The molecule has 2 heterocycles. The van der Waals surface area contributed by atoms with Gasteiger partial charge in [0.2, 0.25) is 11.8 Å². The van der Waals surface area contributed by atoms with Crippen LogP contribution in [0.4, 0.5) is 19.4 Å². The monoisotopic (exact) mass is 436 g/mol. The molecule has 2 aromatic rings. The maximum atomic E-state index is 13.5. The van der Waals surface area contributed by atoms with E-state index in [1.165, 1.54) is 9.58 Å². The molecular weight excluding hydrogens is 410 g/mol. The largest absolute Gasteiger partial charge is 0.474 e. The zero-order valence-electron chi connectivity index (χ0n) is 17.5. The van der Waals surface area contributed by atoms with Crippen molar-refractivity contribution in [3.8, 4) is 11.8 Å². The second-order valence-electron chi connectivity index (χ2n) is 8.33. The van der Waals surface area contributed by atoms with E-state index in [0.717, 1.165) is 5.69 Å². The normalized spacial score (nSPS) is 23.1. The molecule has 2 aliphatic rings. The van der Waals surface area contributed by atoms with E-state index < -0.39 is 12.0 Å². The fourth-order valence-corrected chi connectivity index (χ4v) is 3.85. The fraction of sp³-hybridized carbons (Fsp3) is 0.600. The van der Waals surface area contributed by atoms with E-state index >= 15 is 0 Å². The van der Waals surface area contributed by atoms with Crippen molar-refractivity contribution in [3.63, 3.8) is 0 Å². The SMILES string of the molecule is Cc1ccn(-c2nc(NC3CCC(F)(F)CC3)cc(OC3CC(N(C)C(=O)O)C3)n2)n1. The van der Waals surface area contributed by atoms with E-state index in [9.17, 15) is 13.6 Å². The summed E-state index contributed by atoms with van der Waals surface area (Å²) in [5.41, 5.74) is 0.803. The Hall–Kier alpha value is -2.98. The Morgan fingerprint density at radius 2 is 2.03 bits per heavy atom. The van der Waals surface area contributed by atoms with Crippen molar-refractivity contribution in [3.05, 3.63) is 24.0 Å². The molecule has 2 aromatic heterocycles. The van der Waals surface area contributed by atoms with Crippen molar-refractivity contribution in [1.29, 1.82) is 0 Å². The predicted molar refractivity (Wildman–Crippen MR) is 108 cm³/mol. The predicted octanol–water partition coefficient (Wildman–Crippen LogP) is 3.48. The molecule has 2 saturated carbocycles. The molecule has 31 heavy (non-hydrogen) atoms. The summed E-state index contributed by atoms with van der Waals surface area (Å²) in [5.74, 6) is -1.46. The minimum Gasteiger partial charge on any atom is -0.474 e. The molecule has 168 valence electrons. The van der Waals surface area contributed by atoms with Crippen LogP contribution in [0.3, 0.4) is 0 Å². The van der Waals surface area contributed by atoms with Crippen molar-refractivity contribution in [1.82, 2.24) is 24.6 Å². The minimum absolute atomic E-state index is 0.0842. The number of alkyl halides is 2. The molecule has 11 heteroatoms. The lowest BCUT2D eigenvalue weighted by Crippen LogP contribution is -2.49.